The van der Waals surface area contributed by atoms with Crippen LogP contribution < -0.4 is 10.1 Å². The molecule has 1 amide bonds. The fraction of sp³-hybridized carbons (Fsp3) is 0.238. The number of aryl methyl sites for hydroxylation is 1. The van der Waals surface area contributed by atoms with E-state index in [1.807, 2.05) is 31.2 Å². The van der Waals surface area contributed by atoms with Crippen molar-refractivity contribution in [2.45, 2.75) is 26.7 Å². The summed E-state index contributed by atoms with van der Waals surface area (Å²) in [7, 11) is 1.59. The quantitative estimate of drug-likeness (QED) is 0.638. The third kappa shape index (κ3) is 4.48. The van der Waals surface area contributed by atoms with Crippen molar-refractivity contribution in [3.63, 3.8) is 0 Å². The van der Waals surface area contributed by atoms with Crippen molar-refractivity contribution in [2.24, 2.45) is 0 Å². The van der Waals surface area contributed by atoms with Crippen molar-refractivity contribution < 1.29 is 9.53 Å². The number of carbonyl (C=O) groups excluding carboxylic acids is 1. The predicted octanol–water partition coefficient (Wildman–Crippen LogP) is 4.67. The molecule has 0 atom stereocenters. The fourth-order valence-corrected chi connectivity index (χ4v) is 2.54. The standard InChI is InChI=1S/C21H22N2O2/c1-14(2)19-7-5-6-15(3)20(19)23-21(24)17(13-22)12-16-8-10-18(25-4)11-9-16/h5-12,14H,1-4H3,(H,23,24). The molecule has 0 aliphatic carbocycles. The minimum absolute atomic E-state index is 0.0585. The summed E-state index contributed by atoms with van der Waals surface area (Å²) in [6.07, 6.45) is 1.57. The number of ether oxygens (including phenoxy) is 1. The number of anilines is 1. The van der Waals surface area contributed by atoms with E-state index in [2.05, 4.69) is 19.2 Å². The van der Waals surface area contributed by atoms with Gasteiger partial charge in [-0.1, -0.05) is 44.2 Å². The van der Waals surface area contributed by atoms with Gasteiger partial charge in [0.05, 0.1) is 7.11 Å². The lowest BCUT2D eigenvalue weighted by Crippen LogP contribution is -2.16. The molecule has 128 valence electrons. The Morgan fingerprint density at radius 3 is 2.44 bits per heavy atom. The maximum atomic E-state index is 12.6. The lowest BCUT2D eigenvalue weighted by Gasteiger charge is -2.16. The second-order valence-corrected chi connectivity index (χ2v) is 6.09. The number of carbonyl (C=O) groups is 1. The normalized spacial score (nSPS) is 11.1. The Balaban J connectivity index is 2.29. The number of hydrogen-bond acceptors (Lipinski definition) is 3. The Morgan fingerprint density at radius 1 is 1.20 bits per heavy atom. The maximum absolute atomic E-state index is 12.6. The summed E-state index contributed by atoms with van der Waals surface area (Å²) in [6, 6.07) is 15.1. The van der Waals surface area contributed by atoms with Crippen LogP contribution in [0.4, 0.5) is 5.69 Å². The Morgan fingerprint density at radius 2 is 1.88 bits per heavy atom. The van der Waals surface area contributed by atoms with Crippen LogP contribution in [-0.4, -0.2) is 13.0 Å². The first kappa shape index (κ1) is 18.3. The summed E-state index contributed by atoms with van der Waals surface area (Å²) in [5, 5.41) is 12.3. The van der Waals surface area contributed by atoms with E-state index < -0.39 is 5.91 Å². The monoisotopic (exact) mass is 334 g/mol. The van der Waals surface area contributed by atoms with E-state index in [4.69, 9.17) is 4.74 Å². The number of hydrogen-bond donors (Lipinski definition) is 1. The molecule has 4 nitrogen and oxygen atoms in total. The van der Waals surface area contributed by atoms with Crippen molar-refractivity contribution in [3.05, 3.63) is 64.7 Å². The molecule has 0 aliphatic heterocycles. The van der Waals surface area contributed by atoms with Gasteiger partial charge in [0.2, 0.25) is 0 Å². The van der Waals surface area contributed by atoms with Gasteiger partial charge >= 0.3 is 0 Å². The number of nitrogens with one attached hydrogen (secondary N) is 1. The average Bonchev–Trinajstić information content (AvgIpc) is 2.61. The molecule has 0 fully saturated rings. The van der Waals surface area contributed by atoms with Gasteiger partial charge in [-0.2, -0.15) is 5.26 Å². The van der Waals surface area contributed by atoms with Crippen LogP contribution in [0.25, 0.3) is 6.08 Å². The second kappa shape index (κ2) is 8.16. The molecule has 0 saturated heterocycles. The van der Waals surface area contributed by atoms with Crippen molar-refractivity contribution in [2.75, 3.05) is 12.4 Å². The molecule has 4 heteroatoms. The molecular formula is C21H22N2O2. The fourth-order valence-electron chi connectivity index (χ4n) is 2.54. The van der Waals surface area contributed by atoms with E-state index in [9.17, 15) is 10.1 Å². The van der Waals surface area contributed by atoms with Crippen LogP contribution in [0.5, 0.6) is 5.75 Å². The molecule has 0 aliphatic rings. The van der Waals surface area contributed by atoms with Crippen molar-refractivity contribution in [3.8, 4) is 11.8 Å². The van der Waals surface area contributed by atoms with E-state index in [1.165, 1.54) is 0 Å². The first-order chi connectivity index (χ1) is 12.0. The summed E-state index contributed by atoms with van der Waals surface area (Å²) in [5.41, 5.74) is 3.62. The molecule has 25 heavy (non-hydrogen) atoms. The topological polar surface area (TPSA) is 62.1 Å². The number of methoxy groups -OCH3 is 1. The summed E-state index contributed by atoms with van der Waals surface area (Å²) < 4.78 is 5.11. The second-order valence-electron chi connectivity index (χ2n) is 6.09. The Bertz CT molecular complexity index is 828. The predicted molar refractivity (Wildman–Crippen MR) is 100 cm³/mol. The van der Waals surface area contributed by atoms with Crippen molar-refractivity contribution in [1.82, 2.24) is 0 Å². The van der Waals surface area contributed by atoms with Crippen LogP contribution in [0.3, 0.4) is 0 Å². The molecule has 0 unspecified atom stereocenters. The van der Waals surface area contributed by atoms with Crippen LogP contribution >= 0.6 is 0 Å². The number of benzene rings is 2. The van der Waals surface area contributed by atoms with Gasteiger partial charge < -0.3 is 10.1 Å². The van der Waals surface area contributed by atoms with Gasteiger partial charge in [0.25, 0.3) is 5.91 Å². The van der Waals surface area contributed by atoms with Gasteiger partial charge in [0.15, 0.2) is 0 Å². The largest absolute Gasteiger partial charge is 0.497 e. The lowest BCUT2D eigenvalue weighted by atomic mass is 9.98. The zero-order valence-electron chi connectivity index (χ0n) is 15.0. The maximum Gasteiger partial charge on any atom is 0.266 e. The number of para-hydroxylation sites is 1. The lowest BCUT2D eigenvalue weighted by molar-refractivity contribution is -0.112. The molecule has 2 aromatic carbocycles. The van der Waals surface area contributed by atoms with Gasteiger partial charge in [-0.05, 0) is 47.7 Å². The summed E-state index contributed by atoms with van der Waals surface area (Å²) in [4.78, 5) is 12.6. The average molecular weight is 334 g/mol. The Hall–Kier alpha value is -3.06. The first-order valence-electron chi connectivity index (χ1n) is 8.13. The van der Waals surface area contributed by atoms with Gasteiger partial charge in [-0.15, -0.1) is 0 Å². The summed E-state index contributed by atoms with van der Waals surface area (Å²) >= 11 is 0. The smallest absolute Gasteiger partial charge is 0.266 e. The number of nitrogens with zero attached hydrogens (tertiary/aromatic N) is 1. The first-order valence-corrected chi connectivity index (χ1v) is 8.13. The highest BCUT2D eigenvalue weighted by atomic mass is 16.5. The van der Waals surface area contributed by atoms with E-state index >= 15 is 0 Å². The molecule has 0 bridgehead atoms. The number of amides is 1. The minimum atomic E-state index is -0.408. The SMILES string of the molecule is COc1ccc(C=C(C#N)C(=O)Nc2c(C)cccc2C(C)C)cc1. The number of rotatable bonds is 5. The highest BCUT2D eigenvalue weighted by molar-refractivity contribution is 6.10. The van der Waals surface area contributed by atoms with Gasteiger partial charge in [0, 0.05) is 5.69 Å². The zero-order valence-corrected chi connectivity index (χ0v) is 15.0. The minimum Gasteiger partial charge on any atom is -0.497 e. The molecule has 2 aromatic rings. The number of nitriles is 1. The Labute approximate surface area is 148 Å². The van der Waals surface area contributed by atoms with E-state index in [0.717, 1.165) is 28.1 Å². The molecule has 0 spiro atoms. The zero-order chi connectivity index (χ0) is 18.4. The van der Waals surface area contributed by atoms with Crippen molar-refractivity contribution >= 4 is 17.7 Å². The van der Waals surface area contributed by atoms with Crippen LogP contribution in [0.15, 0.2) is 48.0 Å². The highest BCUT2D eigenvalue weighted by Crippen LogP contribution is 2.28. The third-order valence-electron chi connectivity index (χ3n) is 3.96. The van der Waals surface area contributed by atoms with Gasteiger partial charge in [0.1, 0.15) is 17.4 Å². The molecule has 0 saturated carbocycles. The summed E-state index contributed by atoms with van der Waals surface area (Å²) in [6.45, 7) is 6.09. The molecule has 1 N–H and O–H groups in total. The summed E-state index contributed by atoms with van der Waals surface area (Å²) in [5.74, 6) is 0.586. The van der Waals surface area contributed by atoms with Crippen LogP contribution in [0.1, 0.15) is 36.5 Å². The van der Waals surface area contributed by atoms with E-state index in [-0.39, 0.29) is 11.5 Å². The Kier molecular flexibility index (Phi) is 5.97. The highest BCUT2D eigenvalue weighted by Gasteiger charge is 2.15. The third-order valence-corrected chi connectivity index (χ3v) is 3.96. The van der Waals surface area contributed by atoms with E-state index in [1.54, 1.807) is 37.5 Å². The molecule has 0 aromatic heterocycles. The van der Waals surface area contributed by atoms with Gasteiger partial charge in [-0.25, -0.2) is 0 Å². The van der Waals surface area contributed by atoms with Gasteiger partial charge in [-0.3, -0.25) is 4.79 Å². The van der Waals surface area contributed by atoms with Crippen LogP contribution in [0.2, 0.25) is 0 Å². The molecule has 0 heterocycles. The molecule has 0 radical (unpaired) electrons. The van der Waals surface area contributed by atoms with Crippen LogP contribution in [0, 0.1) is 18.3 Å². The van der Waals surface area contributed by atoms with Crippen LogP contribution in [-0.2, 0) is 4.79 Å². The van der Waals surface area contributed by atoms with E-state index in [0.29, 0.717) is 0 Å². The molecular weight excluding hydrogens is 312 g/mol. The van der Waals surface area contributed by atoms with Crippen molar-refractivity contribution in [1.29, 1.82) is 5.26 Å². The molecule has 2 rings (SSSR count).